The number of furan rings is 1. The third kappa shape index (κ3) is 4.15. The zero-order valence-electron chi connectivity index (χ0n) is 15.6. The topological polar surface area (TPSA) is 62.6 Å². The van der Waals surface area contributed by atoms with Crippen LogP contribution in [0.15, 0.2) is 47.3 Å². The van der Waals surface area contributed by atoms with Gasteiger partial charge in [0.2, 0.25) is 5.91 Å². The summed E-state index contributed by atoms with van der Waals surface area (Å²) in [6, 6.07) is 9.69. The second kappa shape index (κ2) is 7.36. The molecule has 1 N–H and O–H groups in total. The van der Waals surface area contributed by atoms with E-state index in [1.807, 2.05) is 12.1 Å². The molecule has 5 nitrogen and oxygen atoms in total. The van der Waals surface area contributed by atoms with Gasteiger partial charge in [-0.25, -0.2) is 0 Å². The summed E-state index contributed by atoms with van der Waals surface area (Å²) in [4.78, 5) is 26.6. The lowest BCUT2D eigenvalue weighted by atomic mass is 9.87. The molecule has 1 aliphatic heterocycles. The van der Waals surface area contributed by atoms with Gasteiger partial charge in [0.15, 0.2) is 0 Å². The van der Waals surface area contributed by atoms with Crippen molar-refractivity contribution in [3.8, 4) is 0 Å². The van der Waals surface area contributed by atoms with E-state index in [0.717, 1.165) is 5.69 Å². The van der Waals surface area contributed by atoms with Crippen molar-refractivity contribution in [2.24, 2.45) is 5.92 Å². The molecule has 0 saturated carbocycles. The van der Waals surface area contributed by atoms with Crippen molar-refractivity contribution in [2.45, 2.75) is 39.0 Å². The van der Waals surface area contributed by atoms with Crippen LogP contribution in [0.25, 0.3) is 0 Å². The number of piperidine rings is 1. The first-order valence-corrected chi connectivity index (χ1v) is 9.07. The number of likely N-dealkylation sites (tertiary alicyclic amines) is 1. The van der Waals surface area contributed by atoms with Crippen LogP contribution in [-0.2, 0) is 10.2 Å². The fourth-order valence-electron chi connectivity index (χ4n) is 3.21. The Hall–Kier alpha value is -2.56. The van der Waals surface area contributed by atoms with E-state index in [2.05, 4.69) is 38.2 Å². The average Bonchev–Trinajstić information content (AvgIpc) is 3.15. The van der Waals surface area contributed by atoms with Gasteiger partial charge in [-0.15, -0.1) is 0 Å². The predicted octanol–water partition coefficient (Wildman–Crippen LogP) is 4.07. The molecular formula is C21H26N2O3. The van der Waals surface area contributed by atoms with Gasteiger partial charge in [-0.3, -0.25) is 9.59 Å². The lowest BCUT2D eigenvalue weighted by molar-refractivity contribution is -0.121. The van der Waals surface area contributed by atoms with E-state index >= 15 is 0 Å². The van der Waals surface area contributed by atoms with Crippen molar-refractivity contribution in [2.75, 3.05) is 18.4 Å². The number of rotatable bonds is 3. The van der Waals surface area contributed by atoms with Gasteiger partial charge in [-0.1, -0.05) is 32.9 Å². The predicted molar refractivity (Wildman–Crippen MR) is 101 cm³/mol. The number of amides is 2. The van der Waals surface area contributed by atoms with Crippen LogP contribution in [0.5, 0.6) is 0 Å². The molecular weight excluding hydrogens is 328 g/mol. The highest BCUT2D eigenvalue weighted by atomic mass is 16.3. The zero-order chi connectivity index (χ0) is 18.7. The van der Waals surface area contributed by atoms with E-state index in [4.69, 9.17) is 4.42 Å². The first kappa shape index (κ1) is 18.2. The first-order chi connectivity index (χ1) is 12.3. The van der Waals surface area contributed by atoms with Crippen LogP contribution in [0.2, 0.25) is 0 Å². The highest BCUT2D eigenvalue weighted by Crippen LogP contribution is 2.25. The molecule has 2 amide bonds. The third-order valence-electron chi connectivity index (χ3n) is 4.94. The molecule has 138 valence electrons. The lowest BCUT2D eigenvalue weighted by Crippen LogP contribution is -2.41. The van der Waals surface area contributed by atoms with E-state index in [-0.39, 0.29) is 23.1 Å². The van der Waals surface area contributed by atoms with Gasteiger partial charge >= 0.3 is 0 Å². The summed E-state index contributed by atoms with van der Waals surface area (Å²) in [5, 5.41) is 3.00. The van der Waals surface area contributed by atoms with Crippen LogP contribution < -0.4 is 5.32 Å². The number of hydrogen-bond acceptors (Lipinski definition) is 3. The minimum Gasteiger partial charge on any atom is -0.472 e. The second-order valence-electron chi connectivity index (χ2n) is 7.90. The Morgan fingerprint density at radius 3 is 2.27 bits per heavy atom. The van der Waals surface area contributed by atoms with Crippen LogP contribution in [0.3, 0.4) is 0 Å². The normalized spacial score (nSPS) is 15.7. The van der Waals surface area contributed by atoms with Crippen molar-refractivity contribution in [3.05, 3.63) is 54.0 Å². The minimum absolute atomic E-state index is 0.0314. The fraction of sp³-hybridized carbons (Fsp3) is 0.429. The van der Waals surface area contributed by atoms with E-state index < -0.39 is 0 Å². The highest BCUT2D eigenvalue weighted by molar-refractivity contribution is 5.95. The molecule has 1 aliphatic rings. The van der Waals surface area contributed by atoms with E-state index in [0.29, 0.717) is 31.5 Å². The maximum Gasteiger partial charge on any atom is 0.257 e. The summed E-state index contributed by atoms with van der Waals surface area (Å²) in [6.45, 7) is 7.67. The first-order valence-electron chi connectivity index (χ1n) is 9.07. The number of hydrogen-bond donors (Lipinski definition) is 1. The number of carbonyl (C=O) groups is 2. The number of nitrogens with one attached hydrogen (secondary N) is 1. The molecule has 1 fully saturated rings. The number of carbonyl (C=O) groups excluding carboxylic acids is 2. The smallest absolute Gasteiger partial charge is 0.257 e. The average molecular weight is 354 g/mol. The molecule has 0 radical (unpaired) electrons. The number of benzene rings is 1. The Bertz CT molecular complexity index is 750. The molecule has 0 aliphatic carbocycles. The summed E-state index contributed by atoms with van der Waals surface area (Å²) < 4.78 is 4.97. The van der Waals surface area contributed by atoms with E-state index in [1.54, 1.807) is 11.0 Å². The van der Waals surface area contributed by atoms with Crippen LogP contribution in [0, 0.1) is 5.92 Å². The van der Waals surface area contributed by atoms with Crippen LogP contribution >= 0.6 is 0 Å². The SMILES string of the molecule is CC(C)(C)c1ccc(NC(=O)C2CCN(C(=O)c3ccoc3)CC2)cc1. The molecule has 0 spiro atoms. The van der Waals surface area contributed by atoms with Gasteiger partial charge < -0.3 is 14.6 Å². The number of anilines is 1. The molecule has 1 aromatic carbocycles. The molecule has 5 heteroatoms. The van der Waals surface area contributed by atoms with Gasteiger partial charge in [-0.05, 0) is 42.0 Å². The maximum atomic E-state index is 12.5. The zero-order valence-corrected chi connectivity index (χ0v) is 15.6. The number of nitrogens with zero attached hydrogens (tertiary/aromatic N) is 1. The van der Waals surface area contributed by atoms with Gasteiger partial charge in [0, 0.05) is 24.7 Å². The summed E-state index contributed by atoms with van der Waals surface area (Å²) in [5.74, 6) is -0.0648. The molecule has 0 atom stereocenters. The standard InChI is InChI=1S/C21H26N2O3/c1-21(2,3)17-4-6-18(7-5-17)22-19(24)15-8-11-23(12-9-15)20(25)16-10-13-26-14-16/h4-7,10,13-15H,8-9,11-12H2,1-3H3,(H,22,24). The Morgan fingerprint density at radius 1 is 1.08 bits per heavy atom. The Balaban J connectivity index is 1.53. The lowest BCUT2D eigenvalue weighted by Gasteiger charge is -2.31. The quantitative estimate of drug-likeness (QED) is 0.904. The molecule has 26 heavy (non-hydrogen) atoms. The summed E-state index contributed by atoms with van der Waals surface area (Å²) in [7, 11) is 0. The van der Waals surface area contributed by atoms with Gasteiger partial charge in [0.25, 0.3) is 5.91 Å². The van der Waals surface area contributed by atoms with Gasteiger partial charge in [0.1, 0.15) is 6.26 Å². The summed E-state index contributed by atoms with van der Waals surface area (Å²) in [5.41, 5.74) is 2.71. The minimum atomic E-state index is -0.0642. The van der Waals surface area contributed by atoms with Crippen molar-refractivity contribution in [1.29, 1.82) is 0 Å². The third-order valence-corrected chi connectivity index (χ3v) is 4.94. The molecule has 3 rings (SSSR count). The van der Waals surface area contributed by atoms with Crippen LogP contribution in [0.1, 0.15) is 49.5 Å². The fourth-order valence-corrected chi connectivity index (χ4v) is 3.21. The maximum absolute atomic E-state index is 12.5. The van der Waals surface area contributed by atoms with Gasteiger partial charge in [-0.2, -0.15) is 0 Å². The van der Waals surface area contributed by atoms with E-state index in [9.17, 15) is 9.59 Å². The molecule has 2 heterocycles. The van der Waals surface area contributed by atoms with Crippen molar-refractivity contribution in [3.63, 3.8) is 0 Å². The van der Waals surface area contributed by atoms with Crippen LogP contribution in [0.4, 0.5) is 5.69 Å². The highest BCUT2D eigenvalue weighted by Gasteiger charge is 2.28. The molecule has 2 aromatic rings. The largest absolute Gasteiger partial charge is 0.472 e. The van der Waals surface area contributed by atoms with Crippen LogP contribution in [-0.4, -0.2) is 29.8 Å². The molecule has 0 unspecified atom stereocenters. The van der Waals surface area contributed by atoms with Crippen molar-refractivity contribution in [1.82, 2.24) is 4.90 Å². The summed E-state index contributed by atoms with van der Waals surface area (Å²) >= 11 is 0. The second-order valence-corrected chi connectivity index (χ2v) is 7.90. The summed E-state index contributed by atoms with van der Waals surface area (Å²) in [6.07, 6.45) is 4.31. The molecule has 0 bridgehead atoms. The monoisotopic (exact) mass is 354 g/mol. The molecule has 1 aromatic heterocycles. The Morgan fingerprint density at radius 2 is 1.73 bits per heavy atom. The van der Waals surface area contributed by atoms with Crippen molar-refractivity contribution >= 4 is 17.5 Å². The van der Waals surface area contributed by atoms with Gasteiger partial charge in [0.05, 0.1) is 11.8 Å². The van der Waals surface area contributed by atoms with Crippen molar-refractivity contribution < 1.29 is 14.0 Å². The Labute approximate surface area is 154 Å². The Kier molecular flexibility index (Phi) is 5.16. The van der Waals surface area contributed by atoms with E-state index in [1.165, 1.54) is 18.1 Å². The molecule has 1 saturated heterocycles.